The molecule has 104 valence electrons. The van der Waals surface area contributed by atoms with Crippen molar-refractivity contribution in [1.29, 1.82) is 0 Å². The molecule has 2 aromatic heterocycles. The Morgan fingerprint density at radius 2 is 2.32 bits per heavy atom. The van der Waals surface area contributed by atoms with Gasteiger partial charge in [-0.15, -0.1) is 0 Å². The van der Waals surface area contributed by atoms with Gasteiger partial charge in [0.05, 0.1) is 18.6 Å². The second-order valence-corrected chi connectivity index (χ2v) is 5.71. The van der Waals surface area contributed by atoms with Crippen molar-refractivity contribution >= 4 is 10.0 Å². The van der Waals surface area contributed by atoms with Gasteiger partial charge < -0.3 is 9.52 Å². The second-order valence-electron chi connectivity index (χ2n) is 4.01. The lowest BCUT2D eigenvalue weighted by molar-refractivity contribution is 0.273. The quantitative estimate of drug-likeness (QED) is 0.708. The van der Waals surface area contributed by atoms with Crippen LogP contribution in [0.2, 0.25) is 0 Å². The number of aliphatic hydroxyl groups excluding tert-OH is 1. The summed E-state index contributed by atoms with van der Waals surface area (Å²) in [5.41, 5.74) is 0.512. The summed E-state index contributed by atoms with van der Waals surface area (Å²) < 4.78 is 31.8. The van der Waals surface area contributed by atoms with Crippen molar-refractivity contribution < 1.29 is 17.9 Å². The summed E-state index contributed by atoms with van der Waals surface area (Å²) in [4.78, 5) is 0.00875. The third kappa shape index (κ3) is 3.03. The number of hydrogen-bond donors (Lipinski definition) is 3. The van der Waals surface area contributed by atoms with E-state index in [9.17, 15) is 8.42 Å². The maximum Gasteiger partial charge on any atom is 0.244 e. The molecule has 0 aliphatic rings. The van der Waals surface area contributed by atoms with Crippen LogP contribution in [0, 0.1) is 6.92 Å². The lowest BCUT2D eigenvalue weighted by Gasteiger charge is -2.06. The lowest BCUT2D eigenvalue weighted by Crippen LogP contribution is -2.27. The van der Waals surface area contributed by atoms with Crippen LogP contribution in [0.15, 0.2) is 27.7 Å². The summed E-state index contributed by atoms with van der Waals surface area (Å²) in [5.74, 6) is 0.703. The molecule has 3 N–H and O–H groups in total. The third-order valence-corrected chi connectivity index (χ3v) is 4.29. The Bertz CT molecular complexity index is 631. The number of aryl methyl sites for hydroxylation is 1. The minimum absolute atomic E-state index is 0.00875. The van der Waals surface area contributed by atoms with E-state index in [1.807, 2.05) is 0 Å². The van der Waals surface area contributed by atoms with Gasteiger partial charge in [0.15, 0.2) is 0 Å². The maximum absolute atomic E-state index is 12.1. The fourth-order valence-corrected chi connectivity index (χ4v) is 3.15. The Labute approximate surface area is 110 Å². The highest BCUT2D eigenvalue weighted by Gasteiger charge is 2.23. The monoisotopic (exact) mass is 285 g/mol. The number of aromatic nitrogens is 2. The van der Waals surface area contributed by atoms with Gasteiger partial charge in [-0.1, -0.05) is 0 Å². The zero-order valence-electron chi connectivity index (χ0n) is 10.4. The minimum Gasteiger partial charge on any atom is -0.469 e. The van der Waals surface area contributed by atoms with Crippen molar-refractivity contribution in [3.63, 3.8) is 0 Å². The van der Waals surface area contributed by atoms with Crippen molar-refractivity contribution in [2.24, 2.45) is 0 Å². The van der Waals surface area contributed by atoms with Gasteiger partial charge in [-0.3, -0.25) is 5.10 Å². The van der Waals surface area contributed by atoms with Crippen molar-refractivity contribution in [1.82, 2.24) is 14.9 Å². The molecule has 0 bridgehead atoms. The van der Waals surface area contributed by atoms with Crippen LogP contribution in [0.5, 0.6) is 0 Å². The largest absolute Gasteiger partial charge is 0.469 e. The van der Waals surface area contributed by atoms with Gasteiger partial charge >= 0.3 is 0 Å². The van der Waals surface area contributed by atoms with Crippen molar-refractivity contribution in [3.8, 4) is 0 Å². The molecule has 7 nitrogen and oxygen atoms in total. The van der Waals surface area contributed by atoms with Gasteiger partial charge in [0.1, 0.15) is 16.3 Å². The highest BCUT2D eigenvalue weighted by atomic mass is 32.2. The summed E-state index contributed by atoms with van der Waals surface area (Å²) in [7, 11) is -3.69. The standard InChI is InChI=1S/C11H15N3O4S/c1-8-11(10(7-15)14-13-8)19(16,17)12-5-4-9-3-2-6-18-9/h2-3,6,12,15H,4-5,7H2,1H3,(H,13,14). The zero-order chi connectivity index (χ0) is 13.9. The highest BCUT2D eigenvalue weighted by Crippen LogP contribution is 2.17. The lowest BCUT2D eigenvalue weighted by atomic mass is 10.3. The van der Waals surface area contributed by atoms with Crippen molar-refractivity contribution in [2.45, 2.75) is 24.8 Å². The van der Waals surface area contributed by atoms with E-state index < -0.39 is 16.6 Å². The van der Waals surface area contributed by atoms with E-state index in [0.717, 1.165) is 0 Å². The van der Waals surface area contributed by atoms with Crippen LogP contribution in [0.1, 0.15) is 17.1 Å². The number of nitrogens with one attached hydrogen (secondary N) is 2. The minimum atomic E-state index is -3.69. The first-order chi connectivity index (χ1) is 9.04. The van der Waals surface area contributed by atoms with E-state index in [1.54, 1.807) is 19.1 Å². The average Bonchev–Trinajstić information content (AvgIpc) is 2.98. The number of nitrogens with zero attached hydrogens (tertiary/aromatic N) is 1. The molecule has 0 aromatic carbocycles. The van der Waals surface area contributed by atoms with Gasteiger partial charge in [0.2, 0.25) is 10.0 Å². The van der Waals surface area contributed by atoms with E-state index in [2.05, 4.69) is 14.9 Å². The predicted octanol–water partition coefficient (Wildman–Crippen LogP) is 0.324. The smallest absolute Gasteiger partial charge is 0.244 e. The van der Waals surface area contributed by atoms with Crippen LogP contribution in [0.3, 0.4) is 0 Å². The molecule has 2 aromatic rings. The third-order valence-electron chi connectivity index (χ3n) is 2.62. The van der Waals surface area contributed by atoms with Gasteiger partial charge in [-0.2, -0.15) is 5.10 Å². The highest BCUT2D eigenvalue weighted by molar-refractivity contribution is 7.89. The number of aromatic amines is 1. The van der Waals surface area contributed by atoms with Crippen molar-refractivity contribution in [3.05, 3.63) is 35.5 Å². The average molecular weight is 285 g/mol. The molecule has 0 saturated heterocycles. The van der Waals surface area contributed by atoms with E-state index in [1.165, 1.54) is 6.26 Å². The summed E-state index contributed by atoms with van der Waals surface area (Å²) in [6.45, 7) is 1.37. The van der Waals surface area contributed by atoms with Crippen LogP contribution in [-0.2, 0) is 23.1 Å². The molecule has 0 spiro atoms. The van der Waals surface area contributed by atoms with Gasteiger partial charge in [-0.05, 0) is 19.1 Å². The molecule has 0 radical (unpaired) electrons. The normalized spacial score (nSPS) is 11.9. The first kappa shape index (κ1) is 13.8. The molecule has 2 rings (SSSR count). The number of hydrogen-bond acceptors (Lipinski definition) is 5. The van der Waals surface area contributed by atoms with Gasteiger partial charge in [0.25, 0.3) is 0 Å². The predicted molar refractivity (Wildman–Crippen MR) is 66.8 cm³/mol. The zero-order valence-corrected chi connectivity index (χ0v) is 11.2. The van der Waals surface area contributed by atoms with E-state index in [-0.39, 0.29) is 17.1 Å². The van der Waals surface area contributed by atoms with Gasteiger partial charge in [0, 0.05) is 13.0 Å². The van der Waals surface area contributed by atoms with Crippen molar-refractivity contribution in [2.75, 3.05) is 6.54 Å². The molecular weight excluding hydrogens is 270 g/mol. The van der Waals surface area contributed by atoms with E-state index in [0.29, 0.717) is 17.9 Å². The number of rotatable bonds is 6. The summed E-state index contributed by atoms with van der Waals surface area (Å²) in [5, 5.41) is 15.4. The van der Waals surface area contributed by atoms with E-state index in [4.69, 9.17) is 9.52 Å². The molecule has 0 aliphatic heterocycles. The summed E-state index contributed by atoms with van der Waals surface area (Å²) in [6, 6.07) is 3.52. The molecule has 0 atom stereocenters. The molecule has 0 fully saturated rings. The fourth-order valence-electron chi connectivity index (χ4n) is 1.77. The molecule has 0 unspecified atom stereocenters. The topological polar surface area (TPSA) is 108 Å². The Hall–Kier alpha value is -1.64. The first-order valence-electron chi connectivity index (χ1n) is 5.71. The van der Waals surface area contributed by atoms with Gasteiger partial charge in [-0.25, -0.2) is 13.1 Å². The van der Waals surface area contributed by atoms with Crippen LogP contribution in [0.25, 0.3) is 0 Å². The molecule has 8 heteroatoms. The van der Waals surface area contributed by atoms with Crippen LogP contribution in [-0.4, -0.2) is 30.3 Å². The molecule has 0 aliphatic carbocycles. The van der Waals surface area contributed by atoms with Crippen LogP contribution >= 0.6 is 0 Å². The van der Waals surface area contributed by atoms with Crippen LogP contribution in [0.4, 0.5) is 0 Å². The maximum atomic E-state index is 12.1. The molecule has 19 heavy (non-hydrogen) atoms. The number of furan rings is 1. The molecule has 0 saturated carbocycles. The molecule has 0 amide bonds. The fraction of sp³-hybridized carbons (Fsp3) is 0.364. The summed E-state index contributed by atoms with van der Waals surface area (Å²) >= 11 is 0. The number of H-pyrrole nitrogens is 1. The Balaban J connectivity index is 2.07. The Morgan fingerprint density at radius 3 is 2.95 bits per heavy atom. The summed E-state index contributed by atoms with van der Waals surface area (Å²) in [6.07, 6.45) is 1.99. The Morgan fingerprint density at radius 1 is 1.53 bits per heavy atom. The number of sulfonamides is 1. The Kier molecular flexibility index (Phi) is 4.03. The second kappa shape index (κ2) is 5.55. The first-order valence-corrected chi connectivity index (χ1v) is 7.19. The molecular formula is C11H15N3O4S. The molecule has 2 heterocycles. The number of aliphatic hydroxyl groups is 1. The van der Waals surface area contributed by atoms with Crippen LogP contribution < -0.4 is 4.72 Å². The SMILES string of the molecule is Cc1[nH]nc(CO)c1S(=O)(=O)NCCc1ccco1. The van der Waals surface area contributed by atoms with E-state index >= 15 is 0 Å².